The van der Waals surface area contributed by atoms with Gasteiger partial charge in [0, 0.05) is 26.5 Å². The van der Waals surface area contributed by atoms with E-state index in [2.05, 4.69) is 11.2 Å². The first-order valence-corrected chi connectivity index (χ1v) is 4.43. The molecule has 0 aliphatic carbocycles. The molecule has 0 aromatic heterocycles. The molecule has 0 fully saturated rings. The van der Waals surface area contributed by atoms with Crippen LogP contribution in [0.25, 0.3) is 0 Å². The van der Waals surface area contributed by atoms with E-state index < -0.39 is 0 Å². The van der Waals surface area contributed by atoms with E-state index in [1.807, 2.05) is 6.92 Å². The van der Waals surface area contributed by atoms with Crippen LogP contribution < -0.4 is 5.32 Å². The number of carbonyl (C=O) groups is 1. The van der Waals surface area contributed by atoms with Crippen LogP contribution in [0.4, 0.5) is 0 Å². The highest BCUT2D eigenvalue weighted by Crippen LogP contribution is 1.99. The zero-order valence-electron chi connectivity index (χ0n) is 8.30. The minimum atomic E-state index is 0.0409. The molecule has 0 aliphatic rings. The van der Waals surface area contributed by atoms with Gasteiger partial charge in [-0.2, -0.15) is 0 Å². The van der Waals surface area contributed by atoms with Crippen LogP contribution in [0.15, 0.2) is 0 Å². The molecule has 0 aliphatic heterocycles. The van der Waals surface area contributed by atoms with Gasteiger partial charge in [-0.3, -0.25) is 4.79 Å². The predicted molar refractivity (Wildman–Crippen MR) is 52.2 cm³/mol. The van der Waals surface area contributed by atoms with Crippen molar-refractivity contribution in [2.75, 3.05) is 13.7 Å². The molecule has 0 bridgehead atoms. The monoisotopic (exact) mass is 183 g/mol. The number of terminal acetylenes is 1. The van der Waals surface area contributed by atoms with E-state index in [9.17, 15) is 4.79 Å². The Hall–Kier alpha value is -1.01. The summed E-state index contributed by atoms with van der Waals surface area (Å²) in [5.74, 6) is 2.50. The first-order chi connectivity index (χ1) is 6.20. The quantitative estimate of drug-likeness (QED) is 0.491. The molecule has 1 amide bonds. The Labute approximate surface area is 79.8 Å². The molecule has 0 aromatic carbocycles. The number of amides is 1. The minimum Gasteiger partial charge on any atom is -0.382 e. The van der Waals surface area contributed by atoms with Crippen LogP contribution in [0.1, 0.15) is 26.2 Å². The maximum absolute atomic E-state index is 11.1. The van der Waals surface area contributed by atoms with E-state index in [4.69, 9.17) is 11.2 Å². The summed E-state index contributed by atoms with van der Waals surface area (Å²) in [5.41, 5.74) is 0. The van der Waals surface area contributed by atoms with Gasteiger partial charge in [0.15, 0.2) is 0 Å². The van der Waals surface area contributed by atoms with Crippen molar-refractivity contribution >= 4 is 5.91 Å². The van der Waals surface area contributed by atoms with E-state index in [0.717, 1.165) is 6.42 Å². The van der Waals surface area contributed by atoms with E-state index in [0.29, 0.717) is 19.4 Å². The maximum Gasteiger partial charge on any atom is 0.220 e. The lowest BCUT2D eigenvalue weighted by molar-refractivity contribution is -0.121. The lowest BCUT2D eigenvalue weighted by Crippen LogP contribution is -2.25. The van der Waals surface area contributed by atoms with Crippen LogP contribution in [0.2, 0.25) is 0 Å². The summed E-state index contributed by atoms with van der Waals surface area (Å²) in [6, 6.07) is 0. The number of carbonyl (C=O) groups excluding carboxylic acids is 1. The fourth-order valence-electron chi connectivity index (χ4n) is 0.815. The number of hydrogen-bond donors (Lipinski definition) is 1. The number of hydrogen-bond acceptors (Lipinski definition) is 2. The molecule has 13 heavy (non-hydrogen) atoms. The van der Waals surface area contributed by atoms with E-state index >= 15 is 0 Å². The van der Waals surface area contributed by atoms with Crippen LogP contribution in [-0.4, -0.2) is 25.7 Å². The normalized spacial score (nSPS) is 11.8. The molecule has 3 heteroatoms. The standard InChI is InChI=1S/C10H17NO2/c1-4-5-8-11-10(12)7-6-9(2)13-3/h1,9H,5-8H2,2-3H3,(H,11,12). The van der Waals surface area contributed by atoms with Gasteiger partial charge >= 0.3 is 0 Å². The molecule has 1 N–H and O–H groups in total. The van der Waals surface area contributed by atoms with Crippen molar-refractivity contribution in [1.82, 2.24) is 5.32 Å². The van der Waals surface area contributed by atoms with Crippen LogP contribution in [0.5, 0.6) is 0 Å². The Bertz CT molecular complexity index is 184. The number of nitrogens with one attached hydrogen (secondary N) is 1. The first kappa shape index (κ1) is 12.0. The fraction of sp³-hybridized carbons (Fsp3) is 0.700. The van der Waals surface area contributed by atoms with E-state index in [1.165, 1.54) is 0 Å². The first-order valence-electron chi connectivity index (χ1n) is 4.43. The van der Waals surface area contributed by atoms with Crippen molar-refractivity contribution in [2.24, 2.45) is 0 Å². The van der Waals surface area contributed by atoms with Gasteiger partial charge in [0.05, 0.1) is 6.10 Å². The van der Waals surface area contributed by atoms with Gasteiger partial charge in [0.25, 0.3) is 0 Å². The second kappa shape index (κ2) is 7.63. The van der Waals surface area contributed by atoms with Gasteiger partial charge in [0.2, 0.25) is 5.91 Å². The summed E-state index contributed by atoms with van der Waals surface area (Å²) in [6.07, 6.45) is 7.01. The molecular weight excluding hydrogens is 166 g/mol. The molecule has 1 atom stereocenters. The largest absolute Gasteiger partial charge is 0.382 e. The van der Waals surface area contributed by atoms with E-state index in [1.54, 1.807) is 7.11 Å². The molecule has 1 unspecified atom stereocenters. The van der Waals surface area contributed by atoms with Crippen molar-refractivity contribution in [3.05, 3.63) is 0 Å². The van der Waals surface area contributed by atoms with Crippen molar-refractivity contribution < 1.29 is 9.53 Å². The van der Waals surface area contributed by atoms with Crippen LogP contribution in [0.3, 0.4) is 0 Å². The highest BCUT2D eigenvalue weighted by molar-refractivity contribution is 5.75. The number of methoxy groups -OCH3 is 1. The SMILES string of the molecule is C#CCCNC(=O)CCC(C)OC. The topological polar surface area (TPSA) is 38.3 Å². The molecule has 0 aromatic rings. The summed E-state index contributed by atoms with van der Waals surface area (Å²) in [7, 11) is 1.64. The smallest absolute Gasteiger partial charge is 0.220 e. The highest BCUT2D eigenvalue weighted by Gasteiger charge is 2.04. The summed E-state index contributed by atoms with van der Waals surface area (Å²) in [5, 5.41) is 2.73. The van der Waals surface area contributed by atoms with Gasteiger partial charge in [0.1, 0.15) is 0 Å². The summed E-state index contributed by atoms with van der Waals surface area (Å²) < 4.78 is 5.01. The molecule has 0 saturated heterocycles. The average Bonchev–Trinajstić information content (AvgIpc) is 2.14. The van der Waals surface area contributed by atoms with Crippen molar-refractivity contribution in [1.29, 1.82) is 0 Å². The molecule has 0 heterocycles. The summed E-state index contributed by atoms with van der Waals surface area (Å²) in [6.45, 7) is 2.51. The Morgan fingerprint density at radius 2 is 2.38 bits per heavy atom. The Morgan fingerprint density at radius 1 is 1.69 bits per heavy atom. The zero-order chi connectivity index (χ0) is 10.1. The molecule has 0 spiro atoms. The van der Waals surface area contributed by atoms with Crippen LogP contribution in [0, 0.1) is 12.3 Å². The summed E-state index contributed by atoms with van der Waals surface area (Å²) >= 11 is 0. The molecule has 0 saturated carbocycles. The van der Waals surface area contributed by atoms with Gasteiger partial charge in [-0.05, 0) is 13.3 Å². The molecular formula is C10H17NO2. The molecule has 0 radical (unpaired) electrons. The van der Waals surface area contributed by atoms with Crippen LogP contribution >= 0.6 is 0 Å². The summed E-state index contributed by atoms with van der Waals surface area (Å²) in [4.78, 5) is 11.1. The number of ether oxygens (including phenoxy) is 1. The molecule has 74 valence electrons. The highest BCUT2D eigenvalue weighted by atomic mass is 16.5. The minimum absolute atomic E-state index is 0.0409. The van der Waals surface area contributed by atoms with Crippen molar-refractivity contribution in [3.63, 3.8) is 0 Å². The fourth-order valence-corrected chi connectivity index (χ4v) is 0.815. The second-order valence-electron chi connectivity index (χ2n) is 2.89. The van der Waals surface area contributed by atoms with Gasteiger partial charge in [-0.25, -0.2) is 0 Å². The Morgan fingerprint density at radius 3 is 2.92 bits per heavy atom. The maximum atomic E-state index is 11.1. The lowest BCUT2D eigenvalue weighted by atomic mass is 10.2. The third kappa shape index (κ3) is 7.35. The number of rotatable bonds is 6. The Kier molecular flexibility index (Phi) is 7.04. The zero-order valence-corrected chi connectivity index (χ0v) is 8.30. The average molecular weight is 183 g/mol. The van der Waals surface area contributed by atoms with Crippen molar-refractivity contribution in [2.45, 2.75) is 32.3 Å². The third-order valence-corrected chi connectivity index (χ3v) is 1.77. The van der Waals surface area contributed by atoms with E-state index in [-0.39, 0.29) is 12.0 Å². The van der Waals surface area contributed by atoms with Crippen LogP contribution in [-0.2, 0) is 9.53 Å². The third-order valence-electron chi connectivity index (χ3n) is 1.77. The van der Waals surface area contributed by atoms with Gasteiger partial charge in [-0.1, -0.05) is 0 Å². The molecule has 3 nitrogen and oxygen atoms in total. The Balaban J connectivity index is 3.36. The van der Waals surface area contributed by atoms with Crippen molar-refractivity contribution in [3.8, 4) is 12.3 Å². The lowest BCUT2D eigenvalue weighted by Gasteiger charge is -2.08. The second-order valence-corrected chi connectivity index (χ2v) is 2.89. The predicted octanol–water partition coefficient (Wildman–Crippen LogP) is 0.941. The van der Waals surface area contributed by atoms with Gasteiger partial charge in [-0.15, -0.1) is 12.3 Å². The molecule has 0 rings (SSSR count). The van der Waals surface area contributed by atoms with Gasteiger partial charge < -0.3 is 10.1 Å².